The van der Waals surface area contributed by atoms with Crippen molar-refractivity contribution in [3.05, 3.63) is 35.7 Å². The SMILES string of the molecule is O=C(Nc1nccs1)C1CCN(C(=O)[C@@H]2C[C@H]2c2ccco2)CC1. The summed E-state index contributed by atoms with van der Waals surface area (Å²) in [4.78, 5) is 30.8. The Hall–Kier alpha value is -2.15. The molecule has 0 aromatic carbocycles. The van der Waals surface area contributed by atoms with Crippen molar-refractivity contribution in [1.82, 2.24) is 9.88 Å². The Bertz CT molecular complexity index is 706. The molecule has 7 heteroatoms. The van der Waals surface area contributed by atoms with Crippen molar-refractivity contribution in [3.8, 4) is 0 Å². The topological polar surface area (TPSA) is 75.4 Å². The van der Waals surface area contributed by atoms with Crippen molar-refractivity contribution in [1.29, 1.82) is 0 Å². The molecule has 0 radical (unpaired) electrons. The Morgan fingerprint density at radius 1 is 1.33 bits per heavy atom. The molecular weight excluding hydrogens is 326 g/mol. The quantitative estimate of drug-likeness (QED) is 0.924. The highest BCUT2D eigenvalue weighted by atomic mass is 32.1. The highest BCUT2D eigenvalue weighted by molar-refractivity contribution is 7.13. The van der Waals surface area contributed by atoms with E-state index in [0.717, 1.165) is 12.2 Å². The molecule has 2 aromatic rings. The number of nitrogens with zero attached hydrogens (tertiary/aromatic N) is 2. The van der Waals surface area contributed by atoms with Crippen LogP contribution in [-0.4, -0.2) is 34.8 Å². The van der Waals surface area contributed by atoms with Gasteiger partial charge in [0, 0.05) is 42.4 Å². The van der Waals surface area contributed by atoms with Gasteiger partial charge in [-0.25, -0.2) is 4.98 Å². The maximum Gasteiger partial charge on any atom is 0.229 e. The molecule has 1 aliphatic heterocycles. The van der Waals surface area contributed by atoms with Crippen molar-refractivity contribution in [2.24, 2.45) is 11.8 Å². The predicted molar refractivity (Wildman–Crippen MR) is 89.6 cm³/mol. The molecule has 2 fully saturated rings. The molecule has 0 spiro atoms. The summed E-state index contributed by atoms with van der Waals surface area (Å²) in [6, 6.07) is 3.80. The van der Waals surface area contributed by atoms with Crippen LogP contribution in [0.15, 0.2) is 34.4 Å². The molecule has 2 amide bonds. The summed E-state index contributed by atoms with van der Waals surface area (Å²) in [7, 11) is 0. The summed E-state index contributed by atoms with van der Waals surface area (Å²) >= 11 is 1.42. The number of carbonyl (C=O) groups excluding carboxylic acids is 2. The number of carbonyl (C=O) groups is 2. The molecule has 3 heterocycles. The van der Waals surface area contributed by atoms with Gasteiger partial charge in [0.05, 0.1) is 6.26 Å². The first kappa shape index (κ1) is 15.4. The molecule has 1 saturated heterocycles. The van der Waals surface area contributed by atoms with Gasteiger partial charge in [0.15, 0.2) is 5.13 Å². The molecule has 1 aliphatic carbocycles. The van der Waals surface area contributed by atoms with Crippen LogP contribution >= 0.6 is 11.3 Å². The summed E-state index contributed by atoms with van der Waals surface area (Å²) in [5.41, 5.74) is 0. The van der Waals surface area contributed by atoms with Gasteiger partial charge in [-0.3, -0.25) is 9.59 Å². The predicted octanol–water partition coefficient (Wildman–Crippen LogP) is 2.72. The van der Waals surface area contributed by atoms with E-state index in [0.29, 0.717) is 31.1 Å². The van der Waals surface area contributed by atoms with E-state index in [4.69, 9.17) is 4.42 Å². The molecule has 126 valence electrons. The number of likely N-dealkylation sites (tertiary alicyclic amines) is 1. The van der Waals surface area contributed by atoms with E-state index in [2.05, 4.69) is 10.3 Å². The Kier molecular flexibility index (Phi) is 4.10. The van der Waals surface area contributed by atoms with Gasteiger partial charge in [0.1, 0.15) is 5.76 Å². The Morgan fingerprint density at radius 3 is 2.83 bits per heavy atom. The van der Waals surface area contributed by atoms with Crippen molar-refractivity contribution < 1.29 is 14.0 Å². The van der Waals surface area contributed by atoms with Gasteiger partial charge in [-0.2, -0.15) is 0 Å². The minimum Gasteiger partial charge on any atom is -0.469 e. The summed E-state index contributed by atoms with van der Waals surface area (Å²) in [5, 5.41) is 5.32. The van der Waals surface area contributed by atoms with Crippen LogP contribution in [0, 0.1) is 11.8 Å². The van der Waals surface area contributed by atoms with Crippen LogP contribution in [0.1, 0.15) is 30.9 Å². The van der Waals surface area contributed by atoms with Crippen LogP contribution < -0.4 is 5.32 Å². The fourth-order valence-electron chi connectivity index (χ4n) is 3.37. The first-order valence-corrected chi connectivity index (χ1v) is 9.13. The van der Waals surface area contributed by atoms with Crippen LogP contribution in [0.5, 0.6) is 0 Å². The van der Waals surface area contributed by atoms with Crippen molar-refractivity contribution in [3.63, 3.8) is 0 Å². The zero-order valence-electron chi connectivity index (χ0n) is 13.2. The van der Waals surface area contributed by atoms with Crippen LogP contribution in [0.2, 0.25) is 0 Å². The third kappa shape index (κ3) is 3.08. The third-order valence-electron chi connectivity index (χ3n) is 4.86. The smallest absolute Gasteiger partial charge is 0.229 e. The van der Waals surface area contributed by atoms with Gasteiger partial charge < -0.3 is 14.6 Å². The number of piperidine rings is 1. The average molecular weight is 345 g/mol. The van der Waals surface area contributed by atoms with Gasteiger partial charge in [0.25, 0.3) is 0 Å². The highest BCUT2D eigenvalue weighted by Crippen LogP contribution is 2.48. The lowest BCUT2D eigenvalue weighted by atomic mass is 9.95. The van der Waals surface area contributed by atoms with Crippen LogP contribution in [-0.2, 0) is 9.59 Å². The van der Waals surface area contributed by atoms with Gasteiger partial charge >= 0.3 is 0 Å². The minimum absolute atomic E-state index is 0.0110. The van der Waals surface area contributed by atoms with Gasteiger partial charge in [-0.05, 0) is 31.4 Å². The van der Waals surface area contributed by atoms with Crippen LogP contribution in [0.25, 0.3) is 0 Å². The summed E-state index contributed by atoms with van der Waals surface area (Å²) < 4.78 is 5.40. The lowest BCUT2D eigenvalue weighted by Gasteiger charge is -2.31. The van der Waals surface area contributed by atoms with E-state index < -0.39 is 0 Å². The van der Waals surface area contributed by atoms with E-state index in [1.54, 1.807) is 12.5 Å². The molecular formula is C17H19N3O3S. The standard InChI is InChI=1S/C17H19N3O3S/c21-15(19-17-18-5-9-24-17)11-3-6-20(7-4-11)16(22)13-10-12(13)14-2-1-8-23-14/h1-2,5,8-9,11-13H,3-4,6-7,10H2,(H,18,19,21)/t12-,13-/m1/s1. The van der Waals surface area contributed by atoms with E-state index in [1.807, 2.05) is 22.4 Å². The lowest BCUT2D eigenvalue weighted by Crippen LogP contribution is -2.42. The van der Waals surface area contributed by atoms with Crippen molar-refractivity contribution in [2.45, 2.75) is 25.2 Å². The number of hydrogen-bond donors (Lipinski definition) is 1. The van der Waals surface area contributed by atoms with E-state index in [1.165, 1.54) is 11.3 Å². The fourth-order valence-corrected chi connectivity index (χ4v) is 3.91. The average Bonchev–Trinajstić information content (AvgIpc) is 3.01. The van der Waals surface area contributed by atoms with Gasteiger partial charge in [-0.1, -0.05) is 0 Å². The molecule has 4 rings (SSSR count). The molecule has 6 nitrogen and oxygen atoms in total. The van der Waals surface area contributed by atoms with E-state index in [-0.39, 0.29) is 29.6 Å². The Morgan fingerprint density at radius 2 is 2.17 bits per heavy atom. The number of furan rings is 1. The molecule has 2 aliphatic rings. The van der Waals surface area contributed by atoms with Crippen LogP contribution in [0.3, 0.4) is 0 Å². The highest BCUT2D eigenvalue weighted by Gasteiger charge is 2.48. The minimum atomic E-state index is -0.0435. The van der Waals surface area contributed by atoms with Gasteiger partial charge in [-0.15, -0.1) is 11.3 Å². The van der Waals surface area contributed by atoms with Crippen molar-refractivity contribution >= 4 is 28.3 Å². The zero-order chi connectivity index (χ0) is 16.5. The molecule has 0 bridgehead atoms. The lowest BCUT2D eigenvalue weighted by molar-refractivity contribution is -0.135. The Labute approximate surface area is 143 Å². The number of amides is 2. The monoisotopic (exact) mass is 345 g/mol. The van der Waals surface area contributed by atoms with Gasteiger partial charge in [0.2, 0.25) is 11.8 Å². The van der Waals surface area contributed by atoms with E-state index >= 15 is 0 Å². The number of thiazole rings is 1. The summed E-state index contributed by atoms with van der Waals surface area (Å²) in [6.07, 6.45) is 5.62. The number of aromatic nitrogens is 1. The molecule has 2 aromatic heterocycles. The second-order valence-corrected chi connectivity index (χ2v) is 7.28. The number of rotatable bonds is 4. The number of anilines is 1. The molecule has 2 atom stereocenters. The largest absolute Gasteiger partial charge is 0.469 e. The number of hydrogen-bond acceptors (Lipinski definition) is 5. The fraction of sp³-hybridized carbons (Fsp3) is 0.471. The molecule has 24 heavy (non-hydrogen) atoms. The first-order chi connectivity index (χ1) is 11.7. The maximum absolute atomic E-state index is 12.6. The summed E-state index contributed by atoms with van der Waals surface area (Å²) in [5.74, 6) is 1.37. The maximum atomic E-state index is 12.6. The molecule has 1 saturated carbocycles. The van der Waals surface area contributed by atoms with Crippen molar-refractivity contribution in [2.75, 3.05) is 18.4 Å². The zero-order valence-corrected chi connectivity index (χ0v) is 14.0. The molecule has 0 unspecified atom stereocenters. The number of nitrogens with one attached hydrogen (secondary N) is 1. The summed E-state index contributed by atoms with van der Waals surface area (Å²) in [6.45, 7) is 1.30. The second kappa shape index (κ2) is 6.39. The first-order valence-electron chi connectivity index (χ1n) is 8.25. The normalized spacial score (nSPS) is 23.9. The Balaban J connectivity index is 1.27. The second-order valence-electron chi connectivity index (χ2n) is 6.39. The van der Waals surface area contributed by atoms with Crippen LogP contribution in [0.4, 0.5) is 5.13 Å². The van der Waals surface area contributed by atoms with E-state index in [9.17, 15) is 9.59 Å². The third-order valence-corrected chi connectivity index (χ3v) is 5.54. The molecule has 1 N–H and O–H groups in total.